The van der Waals surface area contributed by atoms with Gasteiger partial charge in [0.1, 0.15) is 0 Å². The topological polar surface area (TPSA) is 60.7 Å². The van der Waals surface area contributed by atoms with Crippen LogP contribution in [0.5, 0.6) is 0 Å². The number of aliphatic hydroxyl groups is 3. The van der Waals surface area contributed by atoms with Crippen LogP contribution in [0.15, 0.2) is 24.3 Å². The van der Waals surface area contributed by atoms with Gasteiger partial charge in [-0.3, -0.25) is 0 Å². The number of aliphatic hydroxyl groups excluding tert-OH is 3. The van der Waals surface area contributed by atoms with Crippen LogP contribution in [0.2, 0.25) is 13.1 Å². The molecule has 19 heavy (non-hydrogen) atoms. The van der Waals surface area contributed by atoms with Gasteiger partial charge in [-0.2, -0.15) is 12.1 Å². The summed E-state index contributed by atoms with van der Waals surface area (Å²) < 4.78 is 13.1. The van der Waals surface area contributed by atoms with Gasteiger partial charge in [-0.1, -0.05) is 0 Å². The monoisotopic (exact) mass is 459 g/mol. The standard InChI is InChI=1S/C7H10FSi.3C2H6O.Hf/c1-9(2,8)7-5-3-4-6-7;3*1-2-3;/h3-6H,1-2H3;3*3H,2H2,1H3;/q-1;;;;. The minimum atomic E-state index is -2.48. The molecule has 0 bridgehead atoms. The van der Waals surface area contributed by atoms with Crippen molar-refractivity contribution in [2.45, 2.75) is 33.9 Å². The van der Waals surface area contributed by atoms with Crippen molar-refractivity contribution in [1.82, 2.24) is 0 Å². The fraction of sp³-hybridized carbons (Fsp3) is 0.615. The SMILES string of the molecule is CCO.CCO.CCO.C[Si](C)(F)[c-]1cccc1.[Hf]. The maximum atomic E-state index is 13.1. The second-order valence-corrected chi connectivity index (χ2v) is 7.12. The molecule has 6 heteroatoms. The van der Waals surface area contributed by atoms with E-state index in [1.807, 2.05) is 24.3 Å². The summed E-state index contributed by atoms with van der Waals surface area (Å²) in [6, 6.07) is 7.46. The number of rotatable bonds is 1. The average Bonchev–Trinajstić information content (AvgIpc) is 2.72. The van der Waals surface area contributed by atoms with Gasteiger partial charge in [0.25, 0.3) is 0 Å². The van der Waals surface area contributed by atoms with E-state index < -0.39 is 8.41 Å². The van der Waals surface area contributed by atoms with Crippen LogP contribution in [0.4, 0.5) is 4.11 Å². The minimum absolute atomic E-state index is 0. The van der Waals surface area contributed by atoms with E-state index in [0.29, 0.717) is 0 Å². The van der Waals surface area contributed by atoms with E-state index in [1.54, 1.807) is 33.9 Å². The summed E-state index contributed by atoms with van der Waals surface area (Å²) in [5.74, 6) is 0. The van der Waals surface area contributed by atoms with Crippen LogP contribution in [0.25, 0.3) is 0 Å². The Morgan fingerprint density at radius 2 is 1.11 bits per heavy atom. The molecule has 0 saturated carbocycles. The molecule has 0 spiro atoms. The van der Waals surface area contributed by atoms with E-state index in [9.17, 15) is 4.11 Å². The molecule has 0 atom stereocenters. The Kier molecular flexibility index (Phi) is 29.8. The molecule has 0 radical (unpaired) electrons. The van der Waals surface area contributed by atoms with Crippen LogP contribution < -0.4 is 5.19 Å². The van der Waals surface area contributed by atoms with Gasteiger partial charge in [0, 0.05) is 45.7 Å². The molecule has 0 aliphatic carbocycles. The molecule has 0 aliphatic heterocycles. The largest absolute Gasteiger partial charge is 0.397 e. The Hall–Kier alpha value is 0.247. The second kappa shape index (κ2) is 20.6. The summed E-state index contributed by atoms with van der Waals surface area (Å²) in [6.07, 6.45) is 0. The molecule has 0 amide bonds. The molecule has 0 aliphatic rings. The van der Waals surface area contributed by atoms with Gasteiger partial charge in [-0.05, 0) is 33.9 Å². The zero-order chi connectivity index (χ0) is 15.0. The Labute approximate surface area is 136 Å². The van der Waals surface area contributed by atoms with Crippen molar-refractivity contribution in [3.8, 4) is 0 Å². The Morgan fingerprint density at radius 3 is 1.21 bits per heavy atom. The van der Waals surface area contributed by atoms with Crippen LogP contribution in [-0.2, 0) is 25.8 Å². The first kappa shape index (κ1) is 27.6. The Morgan fingerprint density at radius 1 is 0.895 bits per heavy atom. The molecule has 0 saturated heterocycles. The third kappa shape index (κ3) is 27.4. The number of hydrogen-bond acceptors (Lipinski definition) is 3. The number of hydrogen-bond donors (Lipinski definition) is 3. The van der Waals surface area contributed by atoms with E-state index in [2.05, 4.69) is 0 Å². The summed E-state index contributed by atoms with van der Waals surface area (Å²) in [5, 5.41) is 23.6. The Bertz CT molecular complexity index is 222. The van der Waals surface area contributed by atoms with Crippen molar-refractivity contribution >= 4 is 13.6 Å². The quantitative estimate of drug-likeness (QED) is 0.342. The van der Waals surface area contributed by atoms with Gasteiger partial charge < -0.3 is 19.4 Å². The molecule has 0 aromatic heterocycles. The first-order valence-electron chi connectivity index (χ1n) is 6.09. The van der Waals surface area contributed by atoms with E-state index in [-0.39, 0.29) is 45.7 Å². The molecule has 3 nitrogen and oxygen atoms in total. The summed E-state index contributed by atoms with van der Waals surface area (Å²) in [5.41, 5.74) is 0. The minimum Gasteiger partial charge on any atom is -0.397 e. The second-order valence-electron chi connectivity index (χ2n) is 3.59. The summed E-state index contributed by atoms with van der Waals surface area (Å²) >= 11 is 0. The average molecular weight is 458 g/mol. The zero-order valence-corrected chi connectivity index (χ0v) is 17.2. The van der Waals surface area contributed by atoms with Crippen molar-refractivity contribution in [3.63, 3.8) is 0 Å². The first-order valence-corrected chi connectivity index (χ1v) is 8.96. The van der Waals surface area contributed by atoms with E-state index in [0.717, 1.165) is 5.19 Å². The zero-order valence-electron chi connectivity index (χ0n) is 12.7. The van der Waals surface area contributed by atoms with Crippen molar-refractivity contribution < 1.29 is 45.3 Å². The van der Waals surface area contributed by atoms with Crippen molar-refractivity contribution in [3.05, 3.63) is 24.3 Å². The van der Waals surface area contributed by atoms with Crippen LogP contribution >= 0.6 is 0 Å². The smallest absolute Gasteiger partial charge is 0.214 e. The van der Waals surface area contributed by atoms with Crippen molar-refractivity contribution in [1.29, 1.82) is 0 Å². The molecular weight excluding hydrogens is 430 g/mol. The predicted molar refractivity (Wildman–Crippen MR) is 78.5 cm³/mol. The first-order chi connectivity index (χ1) is 8.35. The van der Waals surface area contributed by atoms with Crippen LogP contribution in [0.1, 0.15) is 20.8 Å². The Balaban J connectivity index is -0.0000000956. The normalized spacial score (nSPS) is 8.47. The van der Waals surface area contributed by atoms with E-state index in [1.165, 1.54) is 0 Å². The van der Waals surface area contributed by atoms with E-state index >= 15 is 0 Å². The molecule has 114 valence electrons. The van der Waals surface area contributed by atoms with Gasteiger partial charge in [0.05, 0.1) is 0 Å². The van der Waals surface area contributed by atoms with Crippen molar-refractivity contribution in [2.75, 3.05) is 19.8 Å². The van der Waals surface area contributed by atoms with E-state index in [4.69, 9.17) is 15.3 Å². The molecule has 1 aromatic carbocycles. The maximum Gasteiger partial charge on any atom is 0.214 e. The van der Waals surface area contributed by atoms with Gasteiger partial charge in [0.15, 0.2) is 0 Å². The maximum absolute atomic E-state index is 13.1. The van der Waals surface area contributed by atoms with Crippen LogP contribution in [0.3, 0.4) is 0 Å². The molecule has 0 fully saturated rings. The third-order valence-electron chi connectivity index (χ3n) is 1.35. The summed E-state index contributed by atoms with van der Waals surface area (Å²) in [4.78, 5) is 0. The fourth-order valence-electron chi connectivity index (χ4n) is 0.770. The van der Waals surface area contributed by atoms with Gasteiger partial charge >= 0.3 is 0 Å². The third-order valence-corrected chi connectivity index (χ3v) is 3.06. The predicted octanol–water partition coefficient (Wildman–Crippen LogP) is 1.78. The van der Waals surface area contributed by atoms with Crippen LogP contribution in [-0.4, -0.2) is 43.5 Å². The van der Waals surface area contributed by atoms with Gasteiger partial charge in [-0.15, -0.1) is 5.19 Å². The number of halogens is 1. The van der Waals surface area contributed by atoms with Gasteiger partial charge in [-0.25, -0.2) is 12.1 Å². The molecular formula is C13H28FHfO3Si-. The van der Waals surface area contributed by atoms with Crippen molar-refractivity contribution in [2.24, 2.45) is 0 Å². The molecule has 1 rings (SSSR count). The molecule has 1 aromatic rings. The van der Waals surface area contributed by atoms with Gasteiger partial charge in [0.2, 0.25) is 8.41 Å². The summed E-state index contributed by atoms with van der Waals surface area (Å²) in [6.45, 7) is 9.19. The molecule has 0 unspecified atom stereocenters. The molecule has 0 heterocycles. The fourth-order valence-corrected chi connectivity index (χ4v) is 1.76. The molecule has 3 N–H and O–H groups in total. The summed E-state index contributed by atoms with van der Waals surface area (Å²) in [7, 11) is -2.48. The van der Waals surface area contributed by atoms with Crippen LogP contribution in [0, 0.1) is 0 Å².